The SMILES string of the molecule is NS(=O)(=O)c1cccc(NC(=O)c2c(Cl)c(C(F)(F)F)nn2CC2CCC(F)(F)CC2)c1. The third kappa shape index (κ3) is 5.56. The highest BCUT2D eigenvalue weighted by atomic mass is 35.5. The van der Waals surface area contributed by atoms with Crippen LogP contribution in [0.4, 0.5) is 27.6 Å². The van der Waals surface area contributed by atoms with E-state index >= 15 is 0 Å². The zero-order valence-electron chi connectivity index (χ0n) is 16.3. The lowest BCUT2D eigenvalue weighted by atomic mass is 9.87. The third-order valence-corrected chi connectivity index (χ3v) is 6.34. The van der Waals surface area contributed by atoms with Crippen LogP contribution in [0.25, 0.3) is 0 Å². The van der Waals surface area contributed by atoms with Gasteiger partial charge < -0.3 is 5.32 Å². The Labute approximate surface area is 184 Å². The minimum atomic E-state index is -4.95. The van der Waals surface area contributed by atoms with Crippen molar-refractivity contribution >= 4 is 33.2 Å². The number of aromatic nitrogens is 2. The van der Waals surface area contributed by atoms with E-state index in [2.05, 4.69) is 10.4 Å². The van der Waals surface area contributed by atoms with Gasteiger partial charge >= 0.3 is 6.18 Å². The number of amides is 1. The third-order valence-electron chi connectivity index (χ3n) is 5.07. The summed E-state index contributed by atoms with van der Waals surface area (Å²) in [4.78, 5) is 12.5. The Kier molecular flexibility index (Phi) is 6.55. The molecule has 1 aliphatic rings. The van der Waals surface area contributed by atoms with Gasteiger partial charge in [0.1, 0.15) is 10.7 Å². The van der Waals surface area contributed by atoms with Crippen LogP contribution in [0, 0.1) is 5.92 Å². The highest BCUT2D eigenvalue weighted by Gasteiger charge is 2.41. The number of benzene rings is 1. The van der Waals surface area contributed by atoms with Crippen LogP contribution in [-0.4, -0.2) is 30.0 Å². The molecule has 3 N–H and O–H groups in total. The molecular formula is C18H18ClF5N4O3S. The predicted octanol–water partition coefficient (Wildman–Crippen LogP) is 4.28. The van der Waals surface area contributed by atoms with Gasteiger partial charge in [0, 0.05) is 25.1 Å². The van der Waals surface area contributed by atoms with Gasteiger partial charge in [0.05, 0.1) is 4.90 Å². The van der Waals surface area contributed by atoms with Crippen molar-refractivity contribution < 1.29 is 35.2 Å². The first-order valence-corrected chi connectivity index (χ1v) is 11.3. The van der Waals surface area contributed by atoms with Crippen LogP contribution < -0.4 is 10.5 Å². The van der Waals surface area contributed by atoms with Gasteiger partial charge in [-0.25, -0.2) is 22.3 Å². The molecule has 176 valence electrons. The van der Waals surface area contributed by atoms with Crippen LogP contribution in [0.5, 0.6) is 0 Å². The maximum Gasteiger partial charge on any atom is 0.436 e. The first kappa shape index (κ1) is 24.4. The van der Waals surface area contributed by atoms with Crippen LogP contribution in [0.1, 0.15) is 41.9 Å². The average Bonchev–Trinajstić information content (AvgIpc) is 2.99. The lowest BCUT2D eigenvalue weighted by molar-refractivity contribution is -0.141. The fourth-order valence-corrected chi connectivity index (χ4v) is 4.33. The van der Waals surface area contributed by atoms with E-state index in [-0.39, 0.29) is 30.0 Å². The second-order valence-corrected chi connectivity index (χ2v) is 9.46. The molecule has 0 aliphatic heterocycles. The van der Waals surface area contributed by atoms with E-state index in [0.29, 0.717) is 0 Å². The fraction of sp³-hybridized carbons (Fsp3) is 0.444. The van der Waals surface area contributed by atoms with Crippen LogP contribution in [0.2, 0.25) is 5.02 Å². The molecule has 1 amide bonds. The number of sulfonamides is 1. The van der Waals surface area contributed by atoms with Gasteiger partial charge in [0.2, 0.25) is 15.9 Å². The summed E-state index contributed by atoms with van der Waals surface area (Å²) < 4.78 is 90.5. The van der Waals surface area contributed by atoms with Crippen molar-refractivity contribution in [1.29, 1.82) is 0 Å². The number of nitrogens with two attached hydrogens (primary N) is 1. The number of nitrogens with one attached hydrogen (secondary N) is 1. The Morgan fingerprint density at radius 1 is 1.28 bits per heavy atom. The lowest BCUT2D eigenvalue weighted by Gasteiger charge is -2.28. The number of halogens is 6. The second-order valence-electron chi connectivity index (χ2n) is 7.52. The highest BCUT2D eigenvalue weighted by molar-refractivity contribution is 7.89. The highest BCUT2D eigenvalue weighted by Crippen LogP contribution is 2.39. The van der Waals surface area contributed by atoms with Gasteiger partial charge in [0.15, 0.2) is 5.69 Å². The van der Waals surface area contributed by atoms with E-state index in [1.165, 1.54) is 18.2 Å². The normalized spacial score (nSPS) is 17.3. The second kappa shape index (κ2) is 8.60. The molecule has 32 heavy (non-hydrogen) atoms. The maximum absolute atomic E-state index is 13.4. The molecule has 2 aromatic rings. The molecule has 1 aromatic heterocycles. The van der Waals surface area contributed by atoms with Crippen LogP contribution in [-0.2, 0) is 22.7 Å². The molecule has 1 fully saturated rings. The van der Waals surface area contributed by atoms with E-state index in [9.17, 15) is 35.2 Å². The molecule has 1 aliphatic carbocycles. The number of hydrogen-bond acceptors (Lipinski definition) is 4. The monoisotopic (exact) mass is 500 g/mol. The fourth-order valence-electron chi connectivity index (χ4n) is 3.44. The summed E-state index contributed by atoms with van der Waals surface area (Å²) in [6.45, 7) is -0.216. The molecule has 0 saturated heterocycles. The van der Waals surface area contributed by atoms with E-state index in [0.717, 1.165) is 10.7 Å². The average molecular weight is 501 g/mol. The maximum atomic E-state index is 13.4. The van der Waals surface area contributed by atoms with Gasteiger partial charge in [-0.15, -0.1) is 0 Å². The number of primary sulfonamides is 1. The minimum absolute atomic E-state index is 0.0449. The molecule has 0 atom stereocenters. The smallest absolute Gasteiger partial charge is 0.321 e. The number of anilines is 1. The van der Waals surface area contributed by atoms with E-state index < -0.39 is 63.2 Å². The number of carbonyl (C=O) groups is 1. The van der Waals surface area contributed by atoms with Gasteiger partial charge in [-0.1, -0.05) is 17.7 Å². The number of hydrogen-bond donors (Lipinski definition) is 2. The van der Waals surface area contributed by atoms with Gasteiger partial charge in [-0.2, -0.15) is 18.3 Å². The molecular weight excluding hydrogens is 483 g/mol. The largest absolute Gasteiger partial charge is 0.436 e. The van der Waals surface area contributed by atoms with Crippen molar-refractivity contribution in [2.24, 2.45) is 11.1 Å². The Morgan fingerprint density at radius 2 is 1.91 bits per heavy atom. The summed E-state index contributed by atoms with van der Waals surface area (Å²) in [7, 11) is -4.09. The minimum Gasteiger partial charge on any atom is -0.321 e. The van der Waals surface area contributed by atoms with E-state index in [1.54, 1.807) is 0 Å². The van der Waals surface area contributed by atoms with Crippen molar-refractivity contribution in [3.05, 3.63) is 40.7 Å². The lowest BCUT2D eigenvalue weighted by Crippen LogP contribution is -2.28. The standard InChI is InChI=1S/C18H18ClF5N4O3S/c19-13-14(16(29)26-11-2-1-3-12(8-11)32(25,30)31)28(27-15(13)18(22,23)24)9-10-4-6-17(20,21)7-5-10/h1-3,8,10H,4-7,9H2,(H,26,29)(H2,25,30,31). The summed E-state index contributed by atoms with van der Waals surface area (Å²) in [6, 6.07) is 4.77. The van der Waals surface area contributed by atoms with E-state index in [1.807, 2.05) is 0 Å². The number of nitrogens with zero attached hydrogens (tertiary/aromatic N) is 2. The Balaban J connectivity index is 1.92. The van der Waals surface area contributed by atoms with Gasteiger partial charge in [-0.3, -0.25) is 9.48 Å². The van der Waals surface area contributed by atoms with Gasteiger partial charge in [-0.05, 0) is 37.0 Å². The molecule has 0 spiro atoms. The molecule has 1 aromatic carbocycles. The van der Waals surface area contributed by atoms with E-state index in [4.69, 9.17) is 16.7 Å². The Hall–Kier alpha value is -2.25. The number of carbonyl (C=O) groups excluding carboxylic acids is 1. The quantitative estimate of drug-likeness (QED) is 0.597. The molecule has 14 heteroatoms. The topological polar surface area (TPSA) is 107 Å². The molecule has 3 rings (SSSR count). The van der Waals surface area contributed by atoms with Crippen LogP contribution in [0.3, 0.4) is 0 Å². The summed E-state index contributed by atoms with van der Waals surface area (Å²) in [5.74, 6) is -4.33. The van der Waals surface area contributed by atoms with Crippen LogP contribution in [0.15, 0.2) is 29.2 Å². The number of alkyl halides is 5. The van der Waals surface area contributed by atoms with Crippen molar-refractivity contribution in [2.45, 2.75) is 49.2 Å². The molecule has 1 saturated carbocycles. The summed E-state index contributed by atoms with van der Waals surface area (Å²) in [5, 5.41) is 9.79. The summed E-state index contributed by atoms with van der Waals surface area (Å²) >= 11 is 5.84. The molecule has 1 heterocycles. The zero-order chi connectivity index (χ0) is 23.9. The number of rotatable bonds is 5. The first-order chi connectivity index (χ1) is 14.7. The first-order valence-electron chi connectivity index (χ1n) is 9.33. The molecule has 0 radical (unpaired) electrons. The summed E-state index contributed by atoms with van der Waals surface area (Å²) in [5.41, 5.74) is -2.16. The van der Waals surface area contributed by atoms with Crippen molar-refractivity contribution in [1.82, 2.24) is 9.78 Å². The molecule has 7 nitrogen and oxygen atoms in total. The molecule has 0 unspecified atom stereocenters. The zero-order valence-corrected chi connectivity index (χ0v) is 17.9. The van der Waals surface area contributed by atoms with Crippen molar-refractivity contribution in [2.75, 3.05) is 5.32 Å². The van der Waals surface area contributed by atoms with Crippen LogP contribution >= 0.6 is 11.6 Å². The van der Waals surface area contributed by atoms with Crippen molar-refractivity contribution in [3.8, 4) is 0 Å². The Bertz CT molecular complexity index is 1120. The predicted molar refractivity (Wildman–Crippen MR) is 105 cm³/mol. The molecule has 0 bridgehead atoms. The summed E-state index contributed by atoms with van der Waals surface area (Å²) in [6.07, 6.45) is -5.70. The Morgan fingerprint density at radius 3 is 2.47 bits per heavy atom. The van der Waals surface area contributed by atoms with Gasteiger partial charge in [0.25, 0.3) is 5.91 Å². The van der Waals surface area contributed by atoms with Crippen molar-refractivity contribution in [3.63, 3.8) is 0 Å².